The van der Waals surface area contributed by atoms with Crippen LogP contribution in [0.15, 0.2) is 40.9 Å². The maximum Gasteiger partial charge on any atom is 0.276 e. The van der Waals surface area contributed by atoms with E-state index in [1.165, 1.54) is 0 Å². The number of hydrogen-bond donors (Lipinski definition) is 1. The van der Waals surface area contributed by atoms with Gasteiger partial charge in [0.15, 0.2) is 11.5 Å². The summed E-state index contributed by atoms with van der Waals surface area (Å²) in [6, 6.07) is 11.2. The molecule has 27 heavy (non-hydrogen) atoms. The molecular weight excluding hydrogens is 346 g/mol. The third-order valence-corrected chi connectivity index (χ3v) is 5.62. The second-order valence-corrected chi connectivity index (χ2v) is 7.32. The van der Waals surface area contributed by atoms with Crippen LogP contribution >= 0.6 is 0 Å². The molecule has 1 aromatic heterocycles. The van der Waals surface area contributed by atoms with E-state index in [0.29, 0.717) is 38.4 Å². The molecule has 2 aliphatic heterocycles. The number of nitrogens with zero attached hydrogens (tertiary/aromatic N) is 3. The second-order valence-electron chi connectivity index (χ2n) is 7.32. The molecule has 7 nitrogen and oxygen atoms in total. The number of benzene rings is 1. The summed E-state index contributed by atoms with van der Waals surface area (Å²) in [6.07, 6.45) is 2.34. The minimum Gasteiger partial charge on any atom is -0.395 e. The Morgan fingerprint density at radius 3 is 2.81 bits per heavy atom. The average Bonchev–Trinajstić information content (AvgIpc) is 3.35. The highest BCUT2D eigenvalue weighted by atomic mass is 16.5. The number of aliphatic hydroxyl groups excluding tert-OH is 1. The van der Waals surface area contributed by atoms with Gasteiger partial charge < -0.3 is 19.4 Å². The first-order valence-electron chi connectivity index (χ1n) is 9.35. The van der Waals surface area contributed by atoms with Gasteiger partial charge in [-0.1, -0.05) is 35.5 Å². The summed E-state index contributed by atoms with van der Waals surface area (Å²) in [6.45, 7) is 1.94. The first kappa shape index (κ1) is 17.7. The highest BCUT2D eigenvalue weighted by molar-refractivity contribution is 5.94. The lowest BCUT2D eigenvalue weighted by Gasteiger charge is -2.39. The predicted molar refractivity (Wildman–Crippen MR) is 97.8 cm³/mol. The van der Waals surface area contributed by atoms with Crippen molar-refractivity contribution in [2.75, 3.05) is 32.8 Å². The fourth-order valence-electron chi connectivity index (χ4n) is 4.19. The van der Waals surface area contributed by atoms with Crippen molar-refractivity contribution < 1.29 is 19.2 Å². The minimum absolute atomic E-state index is 0.0360. The van der Waals surface area contributed by atoms with Gasteiger partial charge in [-0.3, -0.25) is 9.59 Å². The van der Waals surface area contributed by atoms with E-state index in [9.17, 15) is 14.7 Å². The Bertz CT molecular complexity index is 833. The summed E-state index contributed by atoms with van der Waals surface area (Å²) in [5.74, 6) is 0.406. The van der Waals surface area contributed by atoms with Gasteiger partial charge in [-0.25, -0.2) is 0 Å². The number of rotatable bonds is 4. The molecule has 142 valence electrons. The summed E-state index contributed by atoms with van der Waals surface area (Å²) in [7, 11) is 0. The number of β-amino-alcohol motifs (C(OH)–C–C–N with tert-alkyl or cyclic N) is 1. The van der Waals surface area contributed by atoms with Gasteiger partial charge in [0.2, 0.25) is 5.91 Å². The lowest BCUT2D eigenvalue weighted by molar-refractivity contribution is -0.146. The SMILES string of the molecule is O=C(c1cc(-c2ccccc2)on1)N1CC[C@@]2(CCCN(CCO)C2=O)C1. The lowest BCUT2D eigenvalue weighted by Crippen LogP contribution is -2.51. The van der Waals surface area contributed by atoms with Crippen molar-refractivity contribution in [2.24, 2.45) is 5.41 Å². The van der Waals surface area contributed by atoms with Gasteiger partial charge in [0.05, 0.1) is 12.0 Å². The molecule has 2 saturated heterocycles. The summed E-state index contributed by atoms with van der Waals surface area (Å²) in [5, 5.41) is 13.1. The minimum atomic E-state index is -0.519. The molecule has 0 saturated carbocycles. The van der Waals surface area contributed by atoms with Crippen molar-refractivity contribution in [1.29, 1.82) is 0 Å². The lowest BCUT2D eigenvalue weighted by atomic mass is 9.78. The predicted octanol–water partition coefficient (Wildman–Crippen LogP) is 1.79. The maximum absolute atomic E-state index is 12.9. The Hall–Kier alpha value is -2.67. The molecule has 2 aliphatic rings. The zero-order chi connectivity index (χ0) is 18.9. The number of aromatic nitrogens is 1. The molecule has 1 spiro atoms. The topological polar surface area (TPSA) is 86.9 Å². The smallest absolute Gasteiger partial charge is 0.276 e. The Morgan fingerprint density at radius 1 is 1.22 bits per heavy atom. The molecule has 1 N–H and O–H groups in total. The molecule has 0 radical (unpaired) electrons. The monoisotopic (exact) mass is 369 g/mol. The van der Waals surface area contributed by atoms with E-state index >= 15 is 0 Å². The normalized spacial score (nSPS) is 22.6. The fourth-order valence-corrected chi connectivity index (χ4v) is 4.19. The van der Waals surface area contributed by atoms with Crippen molar-refractivity contribution >= 4 is 11.8 Å². The average molecular weight is 369 g/mol. The highest BCUT2D eigenvalue weighted by Crippen LogP contribution is 2.40. The number of amides is 2. The van der Waals surface area contributed by atoms with E-state index in [4.69, 9.17) is 4.52 Å². The maximum atomic E-state index is 12.9. The van der Waals surface area contributed by atoms with Gasteiger partial charge in [0.25, 0.3) is 5.91 Å². The van der Waals surface area contributed by atoms with E-state index < -0.39 is 5.41 Å². The van der Waals surface area contributed by atoms with E-state index in [1.807, 2.05) is 30.3 Å². The van der Waals surface area contributed by atoms with Crippen LogP contribution in [0.2, 0.25) is 0 Å². The third-order valence-electron chi connectivity index (χ3n) is 5.62. The summed E-state index contributed by atoms with van der Waals surface area (Å²) >= 11 is 0. The zero-order valence-corrected chi connectivity index (χ0v) is 15.1. The third kappa shape index (κ3) is 3.23. The Labute approximate surface area is 157 Å². The van der Waals surface area contributed by atoms with Gasteiger partial charge in [-0.2, -0.15) is 0 Å². The molecule has 2 amide bonds. The Balaban J connectivity index is 1.48. The van der Waals surface area contributed by atoms with Crippen LogP contribution in [-0.2, 0) is 4.79 Å². The first-order chi connectivity index (χ1) is 13.1. The summed E-state index contributed by atoms with van der Waals surface area (Å²) in [4.78, 5) is 29.2. The number of carbonyl (C=O) groups excluding carboxylic acids is 2. The standard InChI is InChI=1S/C20H23N3O4/c24-12-11-22-9-4-7-20(19(22)26)8-10-23(14-20)18(25)16-13-17(27-21-16)15-5-2-1-3-6-15/h1-3,5-6,13,24H,4,7-12,14H2/t20-/m0/s1. The van der Waals surface area contributed by atoms with Crippen LogP contribution in [0.3, 0.4) is 0 Å². The van der Waals surface area contributed by atoms with Crippen LogP contribution in [0.4, 0.5) is 0 Å². The fraction of sp³-hybridized carbons (Fsp3) is 0.450. The van der Waals surface area contributed by atoms with Gasteiger partial charge in [-0.15, -0.1) is 0 Å². The van der Waals surface area contributed by atoms with Crippen LogP contribution in [-0.4, -0.2) is 64.7 Å². The quantitative estimate of drug-likeness (QED) is 0.888. The molecule has 2 aromatic rings. The molecule has 3 heterocycles. The number of hydrogen-bond acceptors (Lipinski definition) is 5. The molecule has 0 bridgehead atoms. The largest absolute Gasteiger partial charge is 0.395 e. The van der Waals surface area contributed by atoms with Crippen molar-refractivity contribution in [1.82, 2.24) is 15.0 Å². The molecule has 4 rings (SSSR count). The Kier molecular flexibility index (Phi) is 4.70. The molecule has 0 aliphatic carbocycles. The van der Waals surface area contributed by atoms with Gasteiger partial charge >= 0.3 is 0 Å². The van der Waals surface area contributed by atoms with Crippen molar-refractivity contribution in [3.63, 3.8) is 0 Å². The van der Waals surface area contributed by atoms with Crippen LogP contribution in [0.25, 0.3) is 11.3 Å². The molecule has 0 unspecified atom stereocenters. The van der Waals surface area contributed by atoms with E-state index in [2.05, 4.69) is 5.16 Å². The van der Waals surface area contributed by atoms with Gasteiger partial charge in [-0.05, 0) is 19.3 Å². The Morgan fingerprint density at radius 2 is 2.04 bits per heavy atom. The molecule has 7 heteroatoms. The molecule has 2 fully saturated rings. The number of aliphatic hydroxyl groups is 1. The van der Waals surface area contributed by atoms with Gasteiger partial charge in [0.1, 0.15) is 0 Å². The van der Waals surface area contributed by atoms with Crippen molar-refractivity contribution in [3.05, 3.63) is 42.1 Å². The van der Waals surface area contributed by atoms with E-state index in [0.717, 1.165) is 18.4 Å². The first-order valence-corrected chi connectivity index (χ1v) is 9.35. The number of piperidine rings is 1. The summed E-state index contributed by atoms with van der Waals surface area (Å²) in [5.41, 5.74) is 0.611. The summed E-state index contributed by atoms with van der Waals surface area (Å²) < 4.78 is 5.34. The zero-order valence-electron chi connectivity index (χ0n) is 15.1. The van der Waals surface area contributed by atoms with E-state index in [1.54, 1.807) is 15.9 Å². The molecule has 1 atom stereocenters. The van der Waals surface area contributed by atoms with Crippen LogP contribution < -0.4 is 0 Å². The second kappa shape index (κ2) is 7.15. The molecular formula is C20H23N3O4. The van der Waals surface area contributed by atoms with Crippen LogP contribution in [0, 0.1) is 5.41 Å². The van der Waals surface area contributed by atoms with Crippen molar-refractivity contribution in [3.8, 4) is 11.3 Å². The van der Waals surface area contributed by atoms with Crippen molar-refractivity contribution in [2.45, 2.75) is 19.3 Å². The highest BCUT2D eigenvalue weighted by Gasteiger charge is 2.49. The number of likely N-dealkylation sites (tertiary alicyclic amines) is 2. The van der Waals surface area contributed by atoms with Gasteiger partial charge in [0, 0.05) is 37.8 Å². The number of carbonyl (C=O) groups is 2. The van der Waals surface area contributed by atoms with Crippen LogP contribution in [0.1, 0.15) is 29.8 Å². The van der Waals surface area contributed by atoms with Crippen LogP contribution in [0.5, 0.6) is 0 Å². The molecule has 1 aromatic carbocycles. The van der Waals surface area contributed by atoms with E-state index in [-0.39, 0.29) is 24.1 Å².